The molecule has 1 aromatic carbocycles. The molecule has 0 saturated carbocycles. The molecule has 0 unspecified atom stereocenters. The second-order valence-electron chi connectivity index (χ2n) is 5.97. The largest absolute Gasteiger partial charge is 0.348 e. The first-order chi connectivity index (χ1) is 12.5. The maximum atomic E-state index is 12.0. The molecular formula is C17H20N6O3. The highest BCUT2D eigenvalue weighted by molar-refractivity contribution is 6.39. The van der Waals surface area contributed by atoms with Gasteiger partial charge in [0.05, 0.1) is 17.4 Å². The standard InChI is InChI=1S/C17H20N6O3/c1-21-13-5-4-12(10-14(13)22(2)17(21)26)20-16(25)15(24)19-6-3-8-23-9-7-18-11-23/h4-5,7,9-11H,3,6,8H2,1-2H3,(H,19,24)(H,20,25). The van der Waals surface area contributed by atoms with Crippen LogP contribution in [-0.2, 0) is 30.2 Å². The third-order valence-corrected chi connectivity index (χ3v) is 4.17. The summed E-state index contributed by atoms with van der Waals surface area (Å²) < 4.78 is 4.90. The number of amides is 2. The Labute approximate surface area is 149 Å². The zero-order valence-electron chi connectivity index (χ0n) is 14.6. The lowest BCUT2D eigenvalue weighted by Gasteiger charge is -2.07. The van der Waals surface area contributed by atoms with Gasteiger partial charge in [-0.05, 0) is 24.6 Å². The van der Waals surface area contributed by atoms with Gasteiger partial charge in [0.25, 0.3) is 0 Å². The predicted molar refractivity (Wildman–Crippen MR) is 96.6 cm³/mol. The van der Waals surface area contributed by atoms with Crippen molar-refractivity contribution >= 4 is 28.5 Å². The molecule has 2 N–H and O–H groups in total. The summed E-state index contributed by atoms with van der Waals surface area (Å²) in [6.07, 6.45) is 5.90. The third-order valence-electron chi connectivity index (χ3n) is 4.17. The number of benzene rings is 1. The van der Waals surface area contributed by atoms with Crippen molar-refractivity contribution in [3.63, 3.8) is 0 Å². The van der Waals surface area contributed by atoms with Crippen molar-refractivity contribution < 1.29 is 9.59 Å². The summed E-state index contributed by atoms with van der Waals surface area (Å²) in [6, 6.07) is 5.06. The number of carbonyl (C=O) groups is 2. The minimum absolute atomic E-state index is 0.154. The van der Waals surface area contributed by atoms with Gasteiger partial charge >= 0.3 is 17.5 Å². The first kappa shape index (κ1) is 17.5. The van der Waals surface area contributed by atoms with E-state index in [0.717, 1.165) is 5.52 Å². The van der Waals surface area contributed by atoms with E-state index in [1.807, 2.05) is 10.8 Å². The van der Waals surface area contributed by atoms with E-state index in [9.17, 15) is 14.4 Å². The van der Waals surface area contributed by atoms with Crippen molar-refractivity contribution in [1.82, 2.24) is 24.0 Å². The quantitative estimate of drug-likeness (QED) is 0.504. The van der Waals surface area contributed by atoms with Crippen LogP contribution in [0.25, 0.3) is 11.0 Å². The fraction of sp³-hybridized carbons (Fsp3) is 0.294. The minimum Gasteiger partial charge on any atom is -0.348 e. The molecule has 136 valence electrons. The van der Waals surface area contributed by atoms with Crippen molar-refractivity contribution in [3.05, 3.63) is 47.4 Å². The Hall–Kier alpha value is -3.36. The topological polar surface area (TPSA) is 103 Å². The Morgan fingerprint density at radius 1 is 1.12 bits per heavy atom. The summed E-state index contributed by atoms with van der Waals surface area (Å²) >= 11 is 0. The van der Waals surface area contributed by atoms with Crippen LogP contribution in [0.2, 0.25) is 0 Å². The van der Waals surface area contributed by atoms with Gasteiger partial charge < -0.3 is 15.2 Å². The van der Waals surface area contributed by atoms with Crippen LogP contribution < -0.4 is 16.3 Å². The monoisotopic (exact) mass is 356 g/mol. The van der Waals surface area contributed by atoms with Crippen molar-refractivity contribution in [2.24, 2.45) is 14.1 Å². The maximum Gasteiger partial charge on any atom is 0.328 e. The highest BCUT2D eigenvalue weighted by Crippen LogP contribution is 2.17. The Bertz CT molecular complexity index is 1000. The van der Waals surface area contributed by atoms with Gasteiger partial charge in [-0.15, -0.1) is 0 Å². The number of anilines is 1. The molecule has 0 aliphatic heterocycles. The van der Waals surface area contributed by atoms with Gasteiger partial charge in [0.1, 0.15) is 0 Å². The Morgan fingerprint density at radius 3 is 2.62 bits per heavy atom. The summed E-state index contributed by atoms with van der Waals surface area (Å²) in [6.45, 7) is 1.09. The molecule has 26 heavy (non-hydrogen) atoms. The van der Waals surface area contributed by atoms with Crippen LogP contribution in [0.1, 0.15) is 6.42 Å². The number of nitrogens with zero attached hydrogens (tertiary/aromatic N) is 4. The zero-order chi connectivity index (χ0) is 18.7. The number of hydrogen-bond donors (Lipinski definition) is 2. The highest BCUT2D eigenvalue weighted by Gasteiger charge is 2.14. The van der Waals surface area contributed by atoms with E-state index in [2.05, 4.69) is 15.6 Å². The maximum absolute atomic E-state index is 12.0. The number of hydrogen-bond acceptors (Lipinski definition) is 4. The number of aryl methyl sites for hydroxylation is 3. The smallest absolute Gasteiger partial charge is 0.328 e. The van der Waals surface area contributed by atoms with E-state index in [1.54, 1.807) is 44.8 Å². The normalized spacial score (nSPS) is 10.8. The van der Waals surface area contributed by atoms with Crippen LogP contribution in [0, 0.1) is 0 Å². The van der Waals surface area contributed by atoms with Gasteiger partial charge in [-0.1, -0.05) is 0 Å². The lowest BCUT2D eigenvalue weighted by atomic mass is 10.2. The molecule has 3 rings (SSSR count). The molecule has 9 heteroatoms. The van der Waals surface area contributed by atoms with E-state index in [4.69, 9.17) is 0 Å². The van der Waals surface area contributed by atoms with Gasteiger partial charge in [0.15, 0.2) is 0 Å². The van der Waals surface area contributed by atoms with Crippen LogP contribution in [-0.4, -0.2) is 37.0 Å². The SMILES string of the molecule is Cn1c(=O)n(C)c2cc(NC(=O)C(=O)NCCCn3ccnc3)ccc21. The molecule has 0 radical (unpaired) electrons. The average Bonchev–Trinajstić information content (AvgIpc) is 3.22. The van der Waals surface area contributed by atoms with E-state index >= 15 is 0 Å². The number of imidazole rings is 2. The molecule has 3 aromatic rings. The molecular weight excluding hydrogens is 336 g/mol. The molecule has 0 bridgehead atoms. The highest BCUT2D eigenvalue weighted by atomic mass is 16.2. The van der Waals surface area contributed by atoms with Gasteiger partial charge in [-0.2, -0.15) is 0 Å². The van der Waals surface area contributed by atoms with E-state index < -0.39 is 11.8 Å². The summed E-state index contributed by atoms with van der Waals surface area (Å²) in [4.78, 5) is 39.8. The molecule has 0 saturated heterocycles. The van der Waals surface area contributed by atoms with Gasteiger partial charge in [-0.3, -0.25) is 18.7 Å². The summed E-state index contributed by atoms with van der Waals surface area (Å²) in [5.41, 5.74) is 1.73. The first-order valence-electron chi connectivity index (χ1n) is 8.18. The van der Waals surface area contributed by atoms with Crippen LogP contribution in [0.4, 0.5) is 5.69 Å². The Morgan fingerprint density at radius 2 is 1.88 bits per heavy atom. The minimum atomic E-state index is -0.743. The van der Waals surface area contributed by atoms with Crippen molar-refractivity contribution in [3.8, 4) is 0 Å². The van der Waals surface area contributed by atoms with E-state index in [0.29, 0.717) is 30.7 Å². The van der Waals surface area contributed by atoms with Crippen LogP contribution in [0.15, 0.2) is 41.7 Å². The van der Waals surface area contributed by atoms with Gasteiger partial charge in [-0.25, -0.2) is 9.78 Å². The zero-order valence-corrected chi connectivity index (χ0v) is 14.6. The predicted octanol–water partition coefficient (Wildman–Crippen LogP) is 0.218. The number of aromatic nitrogens is 4. The number of rotatable bonds is 5. The molecule has 9 nitrogen and oxygen atoms in total. The lowest BCUT2D eigenvalue weighted by molar-refractivity contribution is -0.136. The molecule has 0 fully saturated rings. The molecule has 0 aliphatic carbocycles. The average molecular weight is 356 g/mol. The third kappa shape index (κ3) is 3.51. The fourth-order valence-corrected chi connectivity index (χ4v) is 2.74. The van der Waals surface area contributed by atoms with Crippen molar-refractivity contribution in [2.75, 3.05) is 11.9 Å². The van der Waals surface area contributed by atoms with E-state index in [-0.39, 0.29) is 5.69 Å². The lowest BCUT2D eigenvalue weighted by Crippen LogP contribution is -2.36. The molecule has 0 atom stereocenters. The molecule has 0 aliphatic rings. The first-order valence-corrected chi connectivity index (χ1v) is 8.18. The fourth-order valence-electron chi connectivity index (χ4n) is 2.74. The molecule has 2 heterocycles. The second kappa shape index (κ2) is 7.26. The van der Waals surface area contributed by atoms with Gasteiger partial charge in [0.2, 0.25) is 0 Å². The molecule has 2 amide bonds. The summed E-state index contributed by atoms with van der Waals surface area (Å²) in [5.74, 6) is -1.44. The van der Waals surface area contributed by atoms with Gasteiger partial charge in [0, 0.05) is 45.3 Å². The van der Waals surface area contributed by atoms with Crippen LogP contribution in [0.3, 0.4) is 0 Å². The Kier molecular flexibility index (Phi) is 4.87. The Balaban J connectivity index is 1.57. The number of fused-ring (bicyclic) bond motifs is 1. The number of carbonyl (C=O) groups excluding carboxylic acids is 2. The van der Waals surface area contributed by atoms with Crippen LogP contribution >= 0.6 is 0 Å². The molecule has 2 aromatic heterocycles. The molecule has 0 spiro atoms. The summed E-state index contributed by atoms with van der Waals surface area (Å²) in [7, 11) is 3.34. The van der Waals surface area contributed by atoms with Crippen molar-refractivity contribution in [2.45, 2.75) is 13.0 Å². The summed E-state index contributed by atoms with van der Waals surface area (Å²) in [5, 5.41) is 5.14. The van der Waals surface area contributed by atoms with Crippen molar-refractivity contribution in [1.29, 1.82) is 0 Å². The second-order valence-corrected chi connectivity index (χ2v) is 5.97. The number of nitrogens with one attached hydrogen (secondary N) is 2. The van der Waals surface area contributed by atoms with E-state index in [1.165, 1.54) is 9.13 Å². The van der Waals surface area contributed by atoms with Crippen LogP contribution in [0.5, 0.6) is 0 Å².